The van der Waals surface area contributed by atoms with Gasteiger partial charge in [0.1, 0.15) is 11.4 Å². The maximum absolute atomic E-state index is 13.8. The Kier molecular flexibility index (Phi) is 5.15. The number of nitrogens with one attached hydrogen (secondary N) is 1. The molecule has 0 amide bonds. The molecule has 0 saturated heterocycles. The number of ether oxygens (including phenoxy) is 1. The highest BCUT2D eigenvalue weighted by molar-refractivity contribution is 7.80. The molecule has 0 aliphatic rings. The van der Waals surface area contributed by atoms with Crippen LogP contribution in [0.25, 0.3) is 0 Å². The van der Waals surface area contributed by atoms with Gasteiger partial charge in [-0.3, -0.25) is 5.43 Å². The topological polar surface area (TPSA) is 76.7 Å². The fourth-order valence-electron chi connectivity index (χ4n) is 1.26. The van der Waals surface area contributed by atoms with Crippen molar-refractivity contribution in [3.63, 3.8) is 0 Å². The molecule has 0 aliphatic heterocycles. The van der Waals surface area contributed by atoms with Gasteiger partial charge < -0.3 is 10.5 Å². The van der Waals surface area contributed by atoms with Gasteiger partial charge in [0.25, 0.3) is 0 Å². The van der Waals surface area contributed by atoms with E-state index in [9.17, 15) is 9.18 Å². The molecule has 108 valence electrons. The number of hydrazone groups is 1. The van der Waals surface area contributed by atoms with Crippen molar-refractivity contribution in [2.75, 3.05) is 0 Å². The van der Waals surface area contributed by atoms with Gasteiger partial charge in [0.05, 0.1) is 11.8 Å². The lowest BCUT2D eigenvalue weighted by Crippen LogP contribution is -2.24. The molecule has 5 nitrogen and oxygen atoms in total. The second-order valence-electron chi connectivity index (χ2n) is 4.97. The predicted molar refractivity (Wildman–Crippen MR) is 79.1 cm³/mol. The third-order valence-corrected chi connectivity index (χ3v) is 2.10. The van der Waals surface area contributed by atoms with E-state index < -0.39 is 17.4 Å². The maximum Gasteiger partial charge on any atom is 0.338 e. The zero-order valence-electron chi connectivity index (χ0n) is 11.4. The molecule has 0 spiro atoms. The van der Waals surface area contributed by atoms with Crippen molar-refractivity contribution in [3.05, 3.63) is 35.1 Å². The molecule has 0 atom stereocenters. The number of carbonyl (C=O) groups is 1. The van der Waals surface area contributed by atoms with Gasteiger partial charge in [0, 0.05) is 5.56 Å². The summed E-state index contributed by atoms with van der Waals surface area (Å²) in [6.45, 7) is 5.22. The van der Waals surface area contributed by atoms with Crippen LogP contribution in [0.3, 0.4) is 0 Å². The van der Waals surface area contributed by atoms with E-state index in [2.05, 4.69) is 22.7 Å². The summed E-state index contributed by atoms with van der Waals surface area (Å²) in [7, 11) is 0. The van der Waals surface area contributed by atoms with Crippen LogP contribution in [0.2, 0.25) is 0 Å². The Hall–Kier alpha value is -2.02. The fraction of sp³-hybridized carbons (Fsp3) is 0.308. The Bertz CT molecular complexity index is 553. The van der Waals surface area contributed by atoms with E-state index in [1.54, 1.807) is 20.8 Å². The van der Waals surface area contributed by atoms with Crippen LogP contribution >= 0.6 is 12.2 Å². The summed E-state index contributed by atoms with van der Waals surface area (Å²) in [4.78, 5) is 11.8. The summed E-state index contributed by atoms with van der Waals surface area (Å²) < 4.78 is 18.9. The molecule has 3 N–H and O–H groups in total. The smallest absolute Gasteiger partial charge is 0.338 e. The van der Waals surface area contributed by atoms with Gasteiger partial charge >= 0.3 is 5.97 Å². The van der Waals surface area contributed by atoms with Crippen LogP contribution in [0.4, 0.5) is 4.39 Å². The van der Waals surface area contributed by atoms with Crippen molar-refractivity contribution >= 4 is 29.5 Å². The number of hydrogen-bond acceptors (Lipinski definition) is 4. The summed E-state index contributed by atoms with van der Waals surface area (Å²) in [5.41, 5.74) is 7.18. The van der Waals surface area contributed by atoms with Crippen molar-refractivity contribution in [1.82, 2.24) is 5.43 Å². The molecule has 1 aromatic rings. The zero-order chi connectivity index (χ0) is 15.3. The maximum atomic E-state index is 13.8. The largest absolute Gasteiger partial charge is 0.456 e. The number of esters is 1. The lowest BCUT2D eigenvalue weighted by molar-refractivity contribution is 0.00690. The molecule has 0 saturated carbocycles. The van der Waals surface area contributed by atoms with Crippen LogP contribution in [0, 0.1) is 5.82 Å². The van der Waals surface area contributed by atoms with Gasteiger partial charge in [-0.2, -0.15) is 5.10 Å². The van der Waals surface area contributed by atoms with Gasteiger partial charge in [-0.25, -0.2) is 9.18 Å². The molecule has 0 heterocycles. The fourth-order valence-corrected chi connectivity index (χ4v) is 1.31. The summed E-state index contributed by atoms with van der Waals surface area (Å²) in [5, 5.41) is 3.62. The highest BCUT2D eigenvalue weighted by Gasteiger charge is 2.18. The standard InChI is InChI=1S/C13H16FN3O2S/c1-13(2,3)19-11(18)8-4-5-9(10(14)6-8)7-16-17-12(15)20/h4-7H,1-3H3,(H3,15,17,20). The van der Waals surface area contributed by atoms with Crippen molar-refractivity contribution in [2.24, 2.45) is 10.8 Å². The number of hydrogen-bond donors (Lipinski definition) is 2. The number of carbonyl (C=O) groups excluding carboxylic acids is 1. The van der Waals surface area contributed by atoms with E-state index in [0.717, 1.165) is 6.07 Å². The van der Waals surface area contributed by atoms with Crippen LogP contribution in [-0.4, -0.2) is 22.9 Å². The molecule has 0 aromatic heterocycles. The van der Waals surface area contributed by atoms with Crippen LogP contribution < -0.4 is 11.2 Å². The number of thiocarbonyl (C=S) groups is 1. The van der Waals surface area contributed by atoms with Gasteiger partial charge in [0.15, 0.2) is 5.11 Å². The number of benzene rings is 1. The zero-order valence-corrected chi connectivity index (χ0v) is 12.3. The lowest BCUT2D eigenvalue weighted by Gasteiger charge is -2.19. The summed E-state index contributed by atoms with van der Waals surface area (Å²) >= 11 is 4.55. The molecule has 0 fully saturated rings. The summed E-state index contributed by atoms with van der Waals surface area (Å²) in [6.07, 6.45) is 1.22. The first kappa shape index (κ1) is 16.0. The van der Waals surface area contributed by atoms with Gasteiger partial charge in [-0.15, -0.1) is 0 Å². The molecule has 0 aliphatic carbocycles. The number of rotatable bonds is 3. The normalized spacial score (nSPS) is 11.4. The van der Waals surface area contributed by atoms with E-state index in [0.29, 0.717) is 0 Å². The van der Waals surface area contributed by atoms with E-state index >= 15 is 0 Å². The van der Waals surface area contributed by atoms with Gasteiger partial charge in [-0.05, 0) is 51.2 Å². The molecular weight excluding hydrogens is 281 g/mol. The van der Waals surface area contributed by atoms with E-state index in [1.165, 1.54) is 18.3 Å². The molecular formula is C13H16FN3O2S. The Morgan fingerprint density at radius 2 is 2.15 bits per heavy atom. The van der Waals surface area contributed by atoms with E-state index in [4.69, 9.17) is 10.5 Å². The minimum atomic E-state index is -0.631. The number of nitrogens with two attached hydrogens (primary N) is 1. The monoisotopic (exact) mass is 297 g/mol. The van der Waals surface area contributed by atoms with E-state index in [1.807, 2.05) is 0 Å². The van der Waals surface area contributed by atoms with Crippen molar-refractivity contribution in [3.8, 4) is 0 Å². The molecule has 1 aromatic carbocycles. The minimum absolute atomic E-state index is 0.0213. The summed E-state index contributed by atoms with van der Waals surface area (Å²) in [6, 6.07) is 3.97. The molecule has 0 radical (unpaired) electrons. The predicted octanol–water partition coefficient (Wildman–Crippen LogP) is 1.95. The average Bonchev–Trinajstić information content (AvgIpc) is 2.28. The minimum Gasteiger partial charge on any atom is -0.456 e. The second kappa shape index (κ2) is 6.42. The Balaban J connectivity index is 2.85. The molecule has 0 bridgehead atoms. The number of halogens is 1. The second-order valence-corrected chi connectivity index (χ2v) is 5.41. The SMILES string of the molecule is CC(C)(C)OC(=O)c1ccc(C=NNC(N)=S)c(F)c1. The van der Waals surface area contributed by atoms with Crippen LogP contribution in [0.15, 0.2) is 23.3 Å². The first-order valence-electron chi connectivity index (χ1n) is 5.80. The van der Waals surface area contributed by atoms with Crippen LogP contribution in [-0.2, 0) is 4.74 Å². The van der Waals surface area contributed by atoms with Crippen molar-refractivity contribution in [2.45, 2.75) is 26.4 Å². The van der Waals surface area contributed by atoms with E-state index in [-0.39, 0.29) is 16.2 Å². The van der Waals surface area contributed by atoms with Gasteiger partial charge in [0.2, 0.25) is 0 Å². The average molecular weight is 297 g/mol. The third-order valence-electron chi connectivity index (χ3n) is 2.01. The Morgan fingerprint density at radius 3 is 2.65 bits per heavy atom. The summed E-state index contributed by atoms with van der Waals surface area (Å²) in [5.74, 6) is -1.18. The molecule has 20 heavy (non-hydrogen) atoms. The number of nitrogens with zero attached hydrogens (tertiary/aromatic N) is 1. The van der Waals surface area contributed by atoms with Crippen LogP contribution in [0.1, 0.15) is 36.7 Å². The van der Waals surface area contributed by atoms with Crippen molar-refractivity contribution < 1.29 is 13.9 Å². The Labute approximate surface area is 122 Å². The molecule has 1 rings (SSSR count). The third kappa shape index (κ3) is 5.31. The molecule has 7 heteroatoms. The van der Waals surface area contributed by atoms with Crippen LogP contribution in [0.5, 0.6) is 0 Å². The van der Waals surface area contributed by atoms with Crippen molar-refractivity contribution in [1.29, 1.82) is 0 Å². The Morgan fingerprint density at radius 1 is 1.50 bits per heavy atom. The lowest BCUT2D eigenvalue weighted by atomic mass is 10.1. The highest BCUT2D eigenvalue weighted by Crippen LogP contribution is 2.14. The first-order chi connectivity index (χ1) is 9.19. The molecule has 0 unspecified atom stereocenters. The first-order valence-corrected chi connectivity index (χ1v) is 6.21. The highest BCUT2D eigenvalue weighted by atomic mass is 32.1. The van der Waals surface area contributed by atoms with Gasteiger partial charge in [-0.1, -0.05) is 0 Å². The quantitative estimate of drug-likeness (QED) is 0.386.